The maximum Gasteiger partial charge on any atom is 0.303 e. The number of likely N-dealkylation sites (tertiary alicyclic amines) is 1. The fraction of sp³-hybridized carbons (Fsp3) is 0.548. The van der Waals surface area contributed by atoms with Crippen LogP contribution < -0.4 is 5.32 Å². The summed E-state index contributed by atoms with van der Waals surface area (Å²) in [7, 11) is 0. The van der Waals surface area contributed by atoms with E-state index in [1.54, 1.807) is 0 Å². The van der Waals surface area contributed by atoms with E-state index in [0.717, 1.165) is 54.7 Å². The molecule has 0 spiro atoms. The van der Waals surface area contributed by atoms with E-state index in [2.05, 4.69) is 10.2 Å². The highest BCUT2D eigenvalue weighted by Crippen LogP contribution is 2.38. The summed E-state index contributed by atoms with van der Waals surface area (Å²) in [5.74, 6) is -0.819. The molecule has 39 heavy (non-hydrogen) atoms. The maximum atomic E-state index is 12.2. The molecule has 0 aromatic heterocycles. The smallest absolute Gasteiger partial charge is 0.303 e. The predicted octanol–water partition coefficient (Wildman–Crippen LogP) is 4.86. The number of aliphatic hydroxyl groups excluding tert-OH is 1. The van der Waals surface area contributed by atoms with Crippen molar-refractivity contribution in [2.45, 2.75) is 89.4 Å². The third-order valence-electron chi connectivity index (χ3n) is 7.56. The number of nitrogens with one attached hydrogen (secondary N) is 1. The first kappa shape index (κ1) is 29.2. The first-order valence-corrected chi connectivity index (χ1v) is 14.3. The SMILES string of the molecule is O=C(O)CCCCCC(=O)NCc1ccc([C@@H]2O[C@H](CN3CCCCC3)C[C@H](c3ccc(CO)cc3)O2)cc1. The van der Waals surface area contributed by atoms with Gasteiger partial charge in [0.1, 0.15) is 0 Å². The molecular formula is C31H42N2O6. The van der Waals surface area contributed by atoms with Gasteiger partial charge >= 0.3 is 5.97 Å². The molecule has 2 heterocycles. The van der Waals surface area contributed by atoms with Crippen LogP contribution in [0.2, 0.25) is 0 Å². The Labute approximate surface area is 231 Å². The number of amides is 1. The third kappa shape index (κ3) is 9.42. The highest BCUT2D eigenvalue weighted by atomic mass is 16.7. The van der Waals surface area contributed by atoms with Crippen LogP contribution in [0.5, 0.6) is 0 Å². The number of aliphatic hydroxyl groups is 1. The minimum absolute atomic E-state index is 0.0225. The van der Waals surface area contributed by atoms with Crippen molar-refractivity contribution in [3.8, 4) is 0 Å². The minimum atomic E-state index is -0.795. The molecule has 2 aromatic carbocycles. The lowest BCUT2D eigenvalue weighted by Crippen LogP contribution is -2.41. The van der Waals surface area contributed by atoms with E-state index in [1.807, 2.05) is 48.5 Å². The lowest BCUT2D eigenvalue weighted by Gasteiger charge is -2.39. The number of nitrogens with zero attached hydrogens (tertiary/aromatic N) is 1. The van der Waals surface area contributed by atoms with Gasteiger partial charge in [0.15, 0.2) is 6.29 Å². The highest BCUT2D eigenvalue weighted by Gasteiger charge is 2.33. The first-order valence-electron chi connectivity index (χ1n) is 14.3. The quantitative estimate of drug-likeness (QED) is 0.313. The lowest BCUT2D eigenvalue weighted by atomic mass is 9.99. The molecule has 1 amide bonds. The van der Waals surface area contributed by atoms with E-state index in [4.69, 9.17) is 14.6 Å². The molecule has 4 rings (SSSR count). The predicted molar refractivity (Wildman–Crippen MR) is 148 cm³/mol. The average Bonchev–Trinajstić information content (AvgIpc) is 2.96. The van der Waals surface area contributed by atoms with E-state index in [0.29, 0.717) is 25.8 Å². The molecule has 8 heteroatoms. The van der Waals surface area contributed by atoms with Gasteiger partial charge in [-0.15, -0.1) is 0 Å². The van der Waals surface area contributed by atoms with Crippen molar-refractivity contribution in [3.63, 3.8) is 0 Å². The topological polar surface area (TPSA) is 108 Å². The molecule has 0 bridgehead atoms. The summed E-state index contributed by atoms with van der Waals surface area (Å²) < 4.78 is 12.9. The monoisotopic (exact) mass is 538 g/mol. The zero-order chi connectivity index (χ0) is 27.5. The van der Waals surface area contributed by atoms with E-state index in [-0.39, 0.29) is 31.1 Å². The number of benzene rings is 2. The summed E-state index contributed by atoms with van der Waals surface area (Å²) in [4.78, 5) is 25.2. The Morgan fingerprint density at radius 3 is 2.21 bits per heavy atom. The molecule has 3 atom stereocenters. The van der Waals surface area contributed by atoms with Gasteiger partial charge in [-0.3, -0.25) is 9.59 Å². The number of carbonyl (C=O) groups excluding carboxylic acids is 1. The molecule has 2 saturated heterocycles. The molecule has 3 N–H and O–H groups in total. The number of hydrogen-bond acceptors (Lipinski definition) is 6. The number of piperidine rings is 1. The van der Waals surface area contributed by atoms with Crippen molar-refractivity contribution >= 4 is 11.9 Å². The number of carbonyl (C=O) groups is 2. The molecule has 0 unspecified atom stereocenters. The largest absolute Gasteiger partial charge is 0.481 e. The molecule has 212 valence electrons. The van der Waals surface area contributed by atoms with Gasteiger partial charge in [-0.1, -0.05) is 61.4 Å². The van der Waals surface area contributed by atoms with Crippen LogP contribution in [0.25, 0.3) is 0 Å². The third-order valence-corrected chi connectivity index (χ3v) is 7.56. The summed E-state index contributed by atoms with van der Waals surface area (Å²) >= 11 is 0. The molecule has 2 aromatic rings. The number of aliphatic carboxylic acids is 1. The fourth-order valence-electron chi connectivity index (χ4n) is 5.28. The number of hydrogen-bond donors (Lipinski definition) is 3. The summed E-state index contributed by atoms with van der Waals surface area (Å²) in [6.07, 6.45) is 6.62. The number of rotatable bonds is 13. The van der Waals surface area contributed by atoms with Crippen molar-refractivity contribution in [1.82, 2.24) is 10.2 Å². The van der Waals surface area contributed by atoms with Gasteiger partial charge in [-0.25, -0.2) is 0 Å². The lowest BCUT2D eigenvalue weighted by molar-refractivity contribution is -0.253. The molecular weight excluding hydrogens is 496 g/mol. The normalized spacial score (nSPS) is 21.9. The van der Waals surface area contributed by atoms with Gasteiger partial charge in [0.25, 0.3) is 0 Å². The van der Waals surface area contributed by atoms with Crippen LogP contribution in [0.15, 0.2) is 48.5 Å². The van der Waals surface area contributed by atoms with Crippen LogP contribution in [0.1, 0.15) is 92.4 Å². The number of carboxylic acid groups (broad SMARTS) is 1. The van der Waals surface area contributed by atoms with Crippen molar-refractivity contribution in [2.75, 3.05) is 19.6 Å². The van der Waals surface area contributed by atoms with E-state index in [1.165, 1.54) is 19.3 Å². The highest BCUT2D eigenvalue weighted by molar-refractivity contribution is 5.75. The van der Waals surface area contributed by atoms with Crippen molar-refractivity contribution < 1.29 is 29.3 Å². The van der Waals surface area contributed by atoms with E-state index >= 15 is 0 Å². The van der Waals surface area contributed by atoms with Gasteiger partial charge in [0.05, 0.1) is 18.8 Å². The van der Waals surface area contributed by atoms with Gasteiger partial charge in [-0.05, 0) is 55.5 Å². The molecule has 0 aliphatic carbocycles. The molecule has 2 fully saturated rings. The Morgan fingerprint density at radius 2 is 1.51 bits per heavy atom. The van der Waals surface area contributed by atoms with Crippen LogP contribution in [0.3, 0.4) is 0 Å². The average molecular weight is 539 g/mol. The summed E-state index contributed by atoms with van der Waals surface area (Å²) in [5, 5.41) is 21.1. The fourth-order valence-corrected chi connectivity index (χ4v) is 5.28. The summed E-state index contributed by atoms with van der Waals surface area (Å²) in [6, 6.07) is 16.0. The molecule has 2 aliphatic rings. The number of unbranched alkanes of at least 4 members (excludes halogenated alkanes) is 2. The molecule has 0 saturated carbocycles. The van der Waals surface area contributed by atoms with Crippen LogP contribution in [-0.2, 0) is 32.2 Å². The van der Waals surface area contributed by atoms with E-state index < -0.39 is 12.3 Å². The maximum absolute atomic E-state index is 12.2. The molecule has 8 nitrogen and oxygen atoms in total. The van der Waals surface area contributed by atoms with Crippen LogP contribution in [0, 0.1) is 0 Å². The molecule has 2 aliphatic heterocycles. The Hall–Kier alpha value is -2.78. The van der Waals surface area contributed by atoms with Gasteiger partial charge in [0, 0.05) is 37.9 Å². The zero-order valence-corrected chi connectivity index (χ0v) is 22.7. The van der Waals surface area contributed by atoms with Crippen molar-refractivity contribution in [1.29, 1.82) is 0 Å². The summed E-state index contributed by atoms with van der Waals surface area (Å²) in [6.45, 7) is 3.59. The van der Waals surface area contributed by atoms with E-state index in [9.17, 15) is 14.7 Å². The molecule has 0 radical (unpaired) electrons. The Balaban J connectivity index is 1.33. The Kier molecular flexibility index (Phi) is 11.3. The van der Waals surface area contributed by atoms with Gasteiger partial charge < -0.3 is 29.9 Å². The first-order chi connectivity index (χ1) is 19.0. The van der Waals surface area contributed by atoms with Crippen LogP contribution in [0.4, 0.5) is 0 Å². The Morgan fingerprint density at radius 1 is 0.846 bits per heavy atom. The minimum Gasteiger partial charge on any atom is -0.481 e. The van der Waals surface area contributed by atoms with Crippen molar-refractivity contribution in [2.24, 2.45) is 0 Å². The van der Waals surface area contributed by atoms with Gasteiger partial charge in [0.2, 0.25) is 5.91 Å². The zero-order valence-electron chi connectivity index (χ0n) is 22.7. The Bertz CT molecular complexity index is 1040. The second kappa shape index (κ2) is 15.1. The van der Waals surface area contributed by atoms with Gasteiger partial charge in [-0.2, -0.15) is 0 Å². The van der Waals surface area contributed by atoms with Crippen LogP contribution in [-0.4, -0.2) is 52.7 Å². The van der Waals surface area contributed by atoms with Crippen molar-refractivity contribution in [3.05, 3.63) is 70.8 Å². The standard InChI is InChI=1S/C31H42N2O6/c34-22-24-11-13-25(14-12-24)28-19-27(21-33-17-5-2-6-18-33)38-31(39-28)26-15-9-23(10-16-26)20-32-29(35)7-3-1-4-8-30(36)37/h9-16,27-28,31,34H,1-8,17-22H2,(H,32,35)(H,36,37)/t27-,28+,31+/m0/s1. The summed E-state index contributed by atoms with van der Waals surface area (Å²) in [5.41, 5.74) is 3.91. The van der Waals surface area contributed by atoms with Crippen LogP contribution >= 0.6 is 0 Å². The number of ether oxygens (including phenoxy) is 2. The number of carboxylic acids is 1. The second-order valence-electron chi connectivity index (χ2n) is 10.7. The second-order valence-corrected chi connectivity index (χ2v) is 10.7.